The maximum absolute atomic E-state index is 12.5. The van der Waals surface area contributed by atoms with Gasteiger partial charge in [-0.05, 0) is 36.6 Å². The van der Waals surface area contributed by atoms with Gasteiger partial charge in [-0.3, -0.25) is 9.59 Å². The van der Waals surface area contributed by atoms with E-state index in [2.05, 4.69) is 0 Å². The van der Waals surface area contributed by atoms with Gasteiger partial charge in [-0.15, -0.1) is 0 Å². The van der Waals surface area contributed by atoms with Crippen LogP contribution in [0.15, 0.2) is 47.7 Å². The number of allylic oxidation sites excluding steroid dienone is 2. The van der Waals surface area contributed by atoms with Crippen molar-refractivity contribution in [1.82, 2.24) is 0 Å². The second-order valence-electron chi connectivity index (χ2n) is 7.18. The topological polar surface area (TPSA) is 110 Å². The first-order chi connectivity index (χ1) is 14.4. The van der Waals surface area contributed by atoms with E-state index >= 15 is 0 Å². The summed E-state index contributed by atoms with van der Waals surface area (Å²) in [5, 5.41) is 18.0. The lowest BCUT2D eigenvalue weighted by Gasteiger charge is -2.29. The Morgan fingerprint density at radius 3 is 2.35 bits per heavy atom. The van der Waals surface area contributed by atoms with E-state index in [4.69, 9.17) is 19.7 Å². The fourth-order valence-electron chi connectivity index (χ4n) is 3.18. The number of alkyl halides is 3. The number of rotatable bonds is 3. The Hall–Kier alpha value is -3.14. The summed E-state index contributed by atoms with van der Waals surface area (Å²) in [5.41, 5.74) is -0.577. The van der Waals surface area contributed by atoms with E-state index < -0.39 is 35.6 Å². The largest absolute Gasteiger partial charge is 0.480 e. The van der Waals surface area contributed by atoms with Crippen molar-refractivity contribution in [3.05, 3.63) is 58.9 Å². The van der Waals surface area contributed by atoms with Crippen LogP contribution in [0, 0.1) is 5.41 Å². The van der Waals surface area contributed by atoms with Gasteiger partial charge in [0, 0.05) is 18.9 Å². The average Bonchev–Trinajstić information content (AvgIpc) is 2.68. The highest BCUT2D eigenvalue weighted by atomic mass is 19.4. The monoisotopic (exact) mass is 442 g/mol. The van der Waals surface area contributed by atoms with E-state index in [0.717, 1.165) is 12.5 Å². The lowest BCUT2D eigenvalue weighted by molar-refractivity contribution is -0.227. The Morgan fingerprint density at radius 2 is 1.81 bits per heavy atom. The van der Waals surface area contributed by atoms with Crippen LogP contribution in [-0.4, -0.2) is 40.9 Å². The molecular weight excluding hydrogens is 421 g/mol. The molecule has 2 unspecified atom stereocenters. The zero-order chi connectivity index (χ0) is 23.4. The summed E-state index contributed by atoms with van der Waals surface area (Å²) in [6, 6.07) is 6.55. The van der Waals surface area contributed by atoms with Gasteiger partial charge in [-0.2, -0.15) is 13.2 Å². The second kappa shape index (κ2) is 9.34. The van der Waals surface area contributed by atoms with Crippen molar-refractivity contribution in [3.8, 4) is 0 Å². The minimum Gasteiger partial charge on any atom is -0.480 e. The van der Waals surface area contributed by atoms with Crippen LogP contribution in [0.5, 0.6) is 0 Å². The van der Waals surface area contributed by atoms with Gasteiger partial charge in [0.2, 0.25) is 0 Å². The Bertz CT molecular complexity index is 933. The maximum atomic E-state index is 12.5. The predicted molar refractivity (Wildman–Crippen MR) is 101 cm³/mol. The zero-order valence-electron chi connectivity index (χ0n) is 16.7. The number of halogens is 3. The Labute approximate surface area is 175 Å². The molecule has 2 atom stereocenters. The van der Waals surface area contributed by atoms with Crippen molar-refractivity contribution in [3.63, 3.8) is 0 Å². The molecule has 3 rings (SSSR count). The van der Waals surface area contributed by atoms with E-state index in [1.165, 1.54) is 25.1 Å². The molecule has 0 saturated heterocycles. The van der Waals surface area contributed by atoms with E-state index in [1.54, 1.807) is 18.2 Å². The molecule has 2 N–H and O–H groups in total. The molecule has 1 aromatic rings. The summed E-state index contributed by atoms with van der Waals surface area (Å²) in [7, 11) is 0. The molecule has 1 heterocycles. The summed E-state index contributed by atoms with van der Waals surface area (Å²) in [4.78, 5) is 32.8. The molecule has 0 fully saturated rings. The molecule has 31 heavy (non-hydrogen) atoms. The molecule has 0 spiro atoms. The van der Waals surface area contributed by atoms with Crippen molar-refractivity contribution >= 4 is 17.9 Å². The summed E-state index contributed by atoms with van der Waals surface area (Å²) in [5.74, 6) is -3.12. The van der Waals surface area contributed by atoms with E-state index in [-0.39, 0.29) is 29.9 Å². The van der Waals surface area contributed by atoms with Crippen LogP contribution in [-0.2, 0) is 30.3 Å². The lowest BCUT2D eigenvalue weighted by Crippen LogP contribution is -2.34. The zero-order valence-corrected chi connectivity index (χ0v) is 16.7. The summed E-state index contributed by atoms with van der Waals surface area (Å²) < 4.78 is 47.0. The van der Waals surface area contributed by atoms with Crippen molar-refractivity contribution < 1.29 is 47.2 Å². The van der Waals surface area contributed by atoms with Crippen LogP contribution in [0.3, 0.4) is 0 Å². The number of ether oxygens (including phenoxy) is 2. The quantitative estimate of drug-likeness (QED) is 0.685. The number of hydrogen-bond acceptors (Lipinski definition) is 5. The van der Waals surface area contributed by atoms with Crippen molar-refractivity contribution in [1.29, 1.82) is 0 Å². The Kier molecular flexibility index (Phi) is 7.27. The molecule has 0 bridgehead atoms. The van der Waals surface area contributed by atoms with E-state index in [9.17, 15) is 27.6 Å². The number of fused-ring (bicyclic) bond motifs is 1. The fraction of sp³-hybridized carbons (Fsp3) is 0.381. The Balaban J connectivity index is 0.000000224. The van der Waals surface area contributed by atoms with Gasteiger partial charge in [-0.25, -0.2) is 4.79 Å². The number of benzene rings is 1. The molecule has 168 valence electrons. The number of esters is 1. The summed E-state index contributed by atoms with van der Waals surface area (Å²) >= 11 is 0. The SMILES string of the molecule is CC(=O)OC1=CC=C(C(=O)O)CC1(C)C(=O)O.FC(F)(F)C1OCCc2ccccc21. The third-order valence-electron chi connectivity index (χ3n) is 4.81. The first kappa shape index (κ1) is 24.1. The lowest BCUT2D eigenvalue weighted by atomic mass is 9.78. The Morgan fingerprint density at radius 1 is 1.16 bits per heavy atom. The number of carboxylic acids is 2. The maximum Gasteiger partial charge on any atom is 0.418 e. The smallest absolute Gasteiger partial charge is 0.418 e. The minimum absolute atomic E-state index is 0.0363. The highest BCUT2D eigenvalue weighted by Gasteiger charge is 2.44. The van der Waals surface area contributed by atoms with Crippen LogP contribution < -0.4 is 0 Å². The van der Waals surface area contributed by atoms with Crippen molar-refractivity contribution in [2.45, 2.75) is 39.0 Å². The van der Waals surface area contributed by atoms with Crippen LogP contribution in [0.2, 0.25) is 0 Å². The summed E-state index contributed by atoms with van der Waals surface area (Å²) in [6.07, 6.45) is -3.27. The molecule has 2 aliphatic rings. The first-order valence-electron chi connectivity index (χ1n) is 9.19. The minimum atomic E-state index is -4.31. The molecule has 0 radical (unpaired) electrons. The first-order valence-corrected chi connectivity index (χ1v) is 9.19. The van der Waals surface area contributed by atoms with Crippen molar-refractivity contribution in [2.24, 2.45) is 5.41 Å². The number of carboxylic acid groups (broad SMARTS) is 2. The number of aliphatic carboxylic acids is 2. The third kappa shape index (κ3) is 5.72. The van der Waals surface area contributed by atoms with Gasteiger partial charge >= 0.3 is 24.1 Å². The number of carbonyl (C=O) groups is 3. The van der Waals surface area contributed by atoms with Gasteiger partial charge in [-0.1, -0.05) is 24.3 Å². The van der Waals surface area contributed by atoms with Gasteiger partial charge in [0.05, 0.1) is 6.61 Å². The molecule has 1 aliphatic carbocycles. The highest BCUT2D eigenvalue weighted by Crippen LogP contribution is 2.40. The number of hydrogen-bond donors (Lipinski definition) is 2. The molecule has 1 aliphatic heterocycles. The molecule has 10 heteroatoms. The molecule has 0 saturated carbocycles. The molecular formula is C21H21F3O7. The van der Waals surface area contributed by atoms with Crippen LogP contribution in [0.4, 0.5) is 13.2 Å². The summed E-state index contributed by atoms with van der Waals surface area (Å²) in [6.45, 7) is 2.61. The van der Waals surface area contributed by atoms with Crippen molar-refractivity contribution in [2.75, 3.05) is 6.61 Å². The molecule has 0 amide bonds. The number of carbonyl (C=O) groups excluding carboxylic acids is 1. The van der Waals surface area contributed by atoms with Crippen LogP contribution >= 0.6 is 0 Å². The van der Waals surface area contributed by atoms with Crippen LogP contribution in [0.1, 0.15) is 37.5 Å². The van der Waals surface area contributed by atoms with E-state index in [1.807, 2.05) is 0 Å². The third-order valence-corrected chi connectivity index (χ3v) is 4.81. The van der Waals surface area contributed by atoms with Gasteiger partial charge in [0.25, 0.3) is 0 Å². The fourth-order valence-corrected chi connectivity index (χ4v) is 3.18. The van der Waals surface area contributed by atoms with E-state index in [0.29, 0.717) is 6.42 Å². The molecule has 0 aromatic heterocycles. The second-order valence-corrected chi connectivity index (χ2v) is 7.18. The van der Waals surface area contributed by atoms with Crippen LogP contribution in [0.25, 0.3) is 0 Å². The van der Waals surface area contributed by atoms with Gasteiger partial charge in [0.1, 0.15) is 11.2 Å². The highest BCUT2D eigenvalue weighted by molar-refractivity contribution is 5.90. The van der Waals surface area contributed by atoms with Gasteiger partial charge < -0.3 is 19.7 Å². The normalized spacial score (nSPS) is 22.7. The standard InChI is InChI=1S/C11H12O6.C10H9F3O/c1-6(12)17-8-4-3-7(9(13)14)5-11(8,2)10(15)16;11-10(12,13)9-8-4-2-1-3-7(8)5-6-14-9/h3-4H,5H2,1-2H3,(H,13,14)(H,15,16);1-4,9H,5-6H2. The molecule has 1 aromatic carbocycles. The predicted octanol–water partition coefficient (Wildman–Crippen LogP) is 3.80. The molecule has 7 nitrogen and oxygen atoms in total. The average molecular weight is 442 g/mol. The van der Waals surface area contributed by atoms with Gasteiger partial charge in [0.15, 0.2) is 6.10 Å².